The van der Waals surface area contributed by atoms with Crippen molar-refractivity contribution in [2.24, 2.45) is 11.8 Å². The zero-order valence-electron chi connectivity index (χ0n) is 18.0. The number of benzene rings is 1. The molecule has 2 aromatic heterocycles. The molecule has 1 saturated heterocycles. The number of hydrogen-bond acceptors (Lipinski definition) is 4. The van der Waals surface area contributed by atoms with Crippen molar-refractivity contribution in [2.75, 3.05) is 13.1 Å². The lowest BCUT2D eigenvalue weighted by Gasteiger charge is -2.31. The largest absolute Gasteiger partial charge is 0.383 e. The molecule has 0 bridgehead atoms. The van der Waals surface area contributed by atoms with Gasteiger partial charge in [0.05, 0.1) is 17.1 Å². The van der Waals surface area contributed by atoms with Gasteiger partial charge in [-0.1, -0.05) is 18.2 Å². The van der Waals surface area contributed by atoms with E-state index in [0.717, 1.165) is 60.8 Å². The fraction of sp³-hybridized carbons (Fsp3) is 0.440. The van der Waals surface area contributed by atoms with Gasteiger partial charge in [-0.25, -0.2) is 4.68 Å². The molecule has 1 aliphatic carbocycles. The average Bonchev–Trinajstić information content (AvgIpc) is 3.37. The number of fused-ring (bicyclic) bond motifs is 1. The summed E-state index contributed by atoms with van der Waals surface area (Å²) in [6.45, 7) is 9.04. The number of aliphatic hydroxyl groups is 1. The Labute approximate surface area is 178 Å². The molecule has 3 atom stereocenters. The fourth-order valence-electron chi connectivity index (χ4n) is 5.68. The van der Waals surface area contributed by atoms with Crippen LogP contribution in [0.5, 0.6) is 0 Å². The molecule has 5 rings (SSSR count). The number of likely N-dealkylation sites (tertiary alicyclic amines) is 1. The highest BCUT2D eigenvalue weighted by atomic mass is 16.3. The van der Waals surface area contributed by atoms with E-state index in [4.69, 9.17) is 0 Å². The van der Waals surface area contributed by atoms with Crippen molar-refractivity contribution < 1.29 is 5.11 Å². The van der Waals surface area contributed by atoms with Crippen molar-refractivity contribution in [1.82, 2.24) is 19.7 Å². The second-order valence-corrected chi connectivity index (χ2v) is 9.20. The van der Waals surface area contributed by atoms with Crippen molar-refractivity contribution in [3.8, 4) is 5.69 Å². The first-order valence-electron chi connectivity index (χ1n) is 10.9. The molecule has 0 unspecified atom stereocenters. The van der Waals surface area contributed by atoms with Crippen LogP contribution in [0.25, 0.3) is 5.69 Å². The summed E-state index contributed by atoms with van der Waals surface area (Å²) in [7, 11) is 0. The van der Waals surface area contributed by atoms with E-state index >= 15 is 0 Å². The van der Waals surface area contributed by atoms with E-state index in [1.807, 2.05) is 23.9 Å². The third-order valence-corrected chi connectivity index (χ3v) is 7.02. The second-order valence-electron chi connectivity index (χ2n) is 9.20. The van der Waals surface area contributed by atoms with Crippen LogP contribution in [-0.2, 0) is 12.1 Å². The molecule has 156 valence electrons. The van der Waals surface area contributed by atoms with Gasteiger partial charge in [-0.15, -0.1) is 0 Å². The molecule has 3 aromatic rings. The van der Waals surface area contributed by atoms with Crippen LogP contribution in [0.15, 0.2) is 48.7 Å². The van der Waals surface area contributed by atoms with Crippen LogP contribution < -0.4 is 0 Å². The molecule has 0 radical (unpaired) electrons. The summed E-state index contributed by atoms with van der Waals surface area (Å²) in [4.78, 5) is 7.08. The average molecular weight is 403 g/mol. The molecule has 2 fully saturated rings. The third-order valence-electron chi connectivity index (χ3n) is 7.02. The molecule has 3 heterocycles. The van der Waals surface area contributed by atoms with E-state index in [-0.39, 0.29) is 5.92 Å². The Kier molecular flexibility index (Phi) is 4.75. The third kappa shape index (κ3) is 3.26. The molecule has 5 nitrogen and oxygen atoms in total. The minimum absolute atomic E-state index is 0.255. The van der Waals surface area contributed by atoms with Crippen molar-refractivity contribution in [3.05, 3.63) is 76.9 Å². The summed E-state index contributed by atoms with van der Waals surface area (Å²) < 4.78 is 2.01. The van der Waals surface area contributed by atoms with Crippen LogP contribution in [0.4, 0.5) is 0 Å². The lowest BCUT2D eigenvalue weighted by Crippen LogP contribution is -2.36. The Morgan fingerprint density at radius 3 is 2.73 bits per heavy atom. The van der Waals surface area contributed by atoms with Crippen LogP contribution in [0.3, 0.4) is 0 Å². The number of hydrogen-bond donors (Lipinski definition) is 1. The van der Waals surface area contributed by atoms with Gasteiger partial charge < -0.3 is 5.11 Å². The minimum Gasteiger partial charge on any atom is -0.383 e. The normalized spacial score (nSPS) is 26.3. The Morgan fingerprint density at radius 2 is 1.97 bits per heavy atom. The minimum atomic E-state index is -0.795. The van der Waals surface area contributed by atoms with Gasteiger partial charge in [0.15, 0.2) is 0 Å². The van der Waals surface area contributed by atoms with Crippen LogP contribution in [0.2, 0.25) is 0 Å². The van der Waals surface area contributed by atoms with Crippen molar-refractivity contribution in [3.63, 3.8) is 0 Å². The van der Waals surface area contributed by atoms with Crippen LogP contribution >= 0.6 is 0 Å². The summed E-state index contributed by atoms with van der Waals surface area (Å²) in [6.07, 6.45) is 3.70. The lowest BCUT2D eigenvalue weighted by atomic mass is 9.83. The predicted octanol–water partition coefficient (Wildman–Crippen LogP) is 3.92. The summed E-state index contributed by atoms with van der Waals surface area (Å²) >= 11 is 0. The molecule has 0 spiro atoms. The fourth-order valence-corrected chi connectivity index (χ4v) is 5.68. The Bertz CT molecular complexity index is 1070. The highest BCUT2D eigenvalue weighted by Gasteiger charge is 2.53. The van der Waals surface area contributed by atoms with Gasteiger partial charge >= 0.3 is 0 Å². The number of rotatable bonds is 4. The zero-order valence-corrected chi connectivity index (χ0v) is 18.0. The summed E-state index contributed by atoms with van der Waals surface area (Å²) in [5.74, 6) is 0.792. The van der Waals surface area contributed by atoms with Crippen molar-refractivity contribution in [2.45, 2.75) is 45.8 Å². The highest BCUT2D eigenvalue weighted by molar-refractivity contribution is 5.37. The maximum atomic E-state index is 11.6. The van der Waals surface area contributed by atoms with Gasteiger partial charge in [-0.3, -0.25) is 9.88 Å². The summed E-state index contributed by atoms with van der Waals surface area (Å²) in [5.41, 5.74) is 5.76. The Morgan fingerprint density at radius 1 is 1.10 bits per heavy atom. The summed E-state index contributed by atoms with van der Waals surface area (Å²) in [5, 5.41) is 16.2. The quantitative estimate of drug-likeness (QED) is 0.719. The molecule has 5 heteroatoms. The molecular formula is C25H30N4O. The molecule has 1 saturated carbocycles. The van der Waals surface area contributed by atoms with E-state index in [9.17, 15) is 5.11 Å². The topological polar surface area (TPSA) is 54.2 Å². The van der Waals surface area contributed by atoms with Gasteiger partial charge in [-0.05, 0) is 74.9 Å². The highest BCUT2D eigenvalue weighted by Crippen LogP contribution is 2.50. The number of nitrogens with zero attached hydrogens (tertiary/aromatic N) is 4. The van der Waals surface area contributed by atoms with E-state index in [1.165, 1.54) is 5.56 Å². The van der Waals surface area contributed by atoms with Crippen LogP contribution in [-0.4, -0.2) is 37.9 Å². The molecule has 2 aliphatic rings. The molecule has 1 aromatic carbocycles. The standard InChI is InChI=1S/C25H30N4O/c1-17-6-5-11-26-24(17)25(30)10-9-21-15-28(16-23(21)25)14-20-7-4-8-22(13-20)29-19(3)12-18(2)27-29/h4-8,11-13,21,23,30H,9-10,14-16H2,1-3H3/t21-,23+,25-/m1/s1. The second kappa shape index (κ2) is 7.33. The monoisotopic (exact) mass is 402 g/mol. The molecule has 1 aliphatic heterocycles. The Hall–Kier alpha value is -2.50. The molecule has 1 N–H and O–H groups in total. The SMILES string of the molecule is Cc1cc(C)n(-c2cccc(CN3C[C@H]4CC[C@](O)(c5ncccc5C)[C@H]4C3)c2)n1. The van der Waals surface area contributed by atoms with Gasteiger partial charge in [0.1, 0.15) is 5.60 Å². The van der Waals surface area contributed by atoms with Gasteiger partial charge in [0.25, 0.3) is 0 Å². The van der Waals surface area contributed by atoms with Gasteiger partial charge in [-0.2, -0.15) is 5.10 Å². The molecular weight excluding hydrogens is 372 g/mol. The van der Waals surface area contributed by atoms with E-state index in [2.05, 4.69) is 65.2 Å². The predicted molar refractivity (Wildman–Crippen MR) is 117 cm³/mol. The van der Waals surface area contributed by atoms with Crippen molar-refractivity contribution in [1.29, 1.82) is 0 Å². The number of pyridine rings is 1. The van der Waals surface area contributed by atoms with Crippen LogP contribution in [0.1, 0.15) is 41.1 Å². The molecule has 0 amide bonds. The first kappa shape index (κ1) is 19.5. The van der Waals surface area contributed by atoms with E-state index in [0.29, 0.717) is 5.92 Å². The van der Waals surface area contributed by atoms with E-state index < -0.39 is 5.60 Å². The number of aromatic nitrogens is 3. The van der Waals surface area contributed by atoms with Crippen LogP contribution in [0, 0.1) is 32.6 Å². The first-order valence-corrected chi connectivity index (χ1v) is 10.9. The van der Waals surface area contributed by atoms with Gasteiger partial charge in [0, 0.05) is 37.4 Å². The maximum Gasteiger partial charge on any atom is 0.111 e. The van der Waals surface area contributed by atoms with E-state index in [1.54, 1.807) is 0 Å². The van der Waals surface area contributed by atoms with Crippen molar-refractivity contribution >= 4 is 0 Å². The summed E-state index contributed by atoms with van der Waals surface area (Å²) in [6, 6.07) is 14.8. The smallest absolute Gasteiger partial charge is 0.111 e. The Balaban J connectivity index is 1.34. The van der Waals surface area contributed by atoms with Gasteiger partial charge in [0.2, 0.25) is 0 Å². The lowest BCUT2D eigenvalue weighted by molar-refractivity contribution is -0.0114. The maximum absolute atomic E-state index is 11.6. The zero-order chi connectivity index (χ0) is 20.9. The number of aryl methyl sites for hydroxylation is 3. The first-order chi connectivity index (χ1) is 14.4. The molecule has 30 heavy (non-hydrogen) atoms.